The molecule has 0 amide bonds. The van der Waals surface area contributed by atoms with Gasteiger partial charge in [0.1, 0.15) is 0 Å². The molecular formula is C10H19ClN. The molecule has 1 aliphatic rings. The lowest BCUT2D eigenvalue weighted by Crippen LogP contribution is -2.27. The lowest BCUT2D eigenvalue weighted by Gasteiger charge is -2.25. The summed E-state index contributed by atoms with van der Waals surface area (Å²) in [4.78, 5) is 0. The van der Waals surface area contributed by atoms with Crippen LogP contribution in [0.25, 0.3) is 0 Å². The Kier molecular flexibility index (Phi) is 5.01. The Labute approximate surface area is 80.9 Å². The minimum atomic E-state index is 0.435. The smallest absolute Gasteiger partial charge is 0.0339 e. The molecule has 0 spiro atoms. The molecule has 0 aromatic rings. The number of halogens is 1. The van der Waals surface area contributed by atoms with Crippen LogP contribution in [0.3, 0.4) is 0 Å². The molecule has 71 valence electrons. The van der Waals surface area contributed by atoms with Gasteiger partial charge < -0.3 is 5.32 Å². The number of alkyl halides is 1. The van der Waals surface area contributed by atoms with Gasteiger partial charge in [0.15, 0.2) is 0 Å². The fourth-order valence-corrected chi connectivity index (χ4v) is 2.25. The third-order valence-electron chi connectivity index (χ3n) is 2.51. The van der Waals surface area contributed by atoms with Gasteiger partial charge >= 0.3 is 0 Å². The first-order valence-corrected chi connectivity index (χ1v) is 5.40. The third kappa shape index (κ3) is 3.77. The second-order valence-corrected chi connectivity index (χ2v) is 4.30. The average Bonchev–Trinajstić information content (AvgIpc) is 2.05. The molecule has 0 saturated heterocycles. The molecule has 0 aliphatic heterocycles. The molecule has 1 nitrogen and oxygen atoms in total. The van der Waals surface area contributed by atoms with E-state index in [0.29, 0.717) is 5.38 Å². The van der Waals surface area contributed by atoms with Crippen LogP contribution < -0.4 is 5.32 Å². The Morgan fingerprint density at radius 1 is 1.42 bits per heavy atom. The number of hydrogen-bond donors (Lipinski definition) is 1. The molecule has 1 radical (unpaired) electrons. The first-order chi connectivity index (χ1) is 5.83. The standard InChI is InChI=1S/C10H19ClN/c1-2-6-12-8-9-4-3-5-10(11)7-9/h9-10,12H,1-8H2. The molecule has 1 saturated carbocycles. The van der Waals surface area contributed by atoms with Crippen LogP contribution in [-0.4, -0.2) is 18.5 Å². The van der Waals surface area contributed by atoms with E-state index in [-0.39, 0.29) is 0 Å². The predicted octanol–water partition coefficient (Wildman–Crippen LogP) is 2.60. The van der Waals surface area contributed by atoms with Crippen LogP contribution in [0.4, 0.5) is 0 Å². The van der Waals surface area contributed by atoms with Crippen molar-refractivity contribution in [3.05, 3.63) is 6.92 Å². The lowest BCUT2D eigenvalue weighted by molar-refractivity contribution is 0.348. The van der Waals surface area contributed by atoms with Crippen molar-refractivity contribution in [2.75, 3.05) is 13.1 Å². The van der Waals surface area contributed by atoms with Gasteiger partial charge in [0.2, 0.25) is 0 Å². The fraction of sp³-hybridized carbons (Fsp3) is 0.900. The SMILES string of the molecule is [CH2]CCNCC1CCCC(Cl)C1. The van der Waals surface area contributed by atoms with Gasteiger partial charge in [-0.15, -0.1) is 11.6 Å². The summed E-state index contributed by atoms with van der Waals surface area (Å²) in [5, 5.41) is 3.84. The van der Waals surface area contributed by atoms with Crippen LogP contribution >= 0.6 is 11.6 Å². The summed E-state index contributed by atoms with van der Waals surface area (Å²) in [6, 6.07) is 0. The minimum absolute atomic E-state index is 0.435. The van der Waals surface area contributed by atoms with Crippen LogP contribution in [0, 0.1) is 12.8 Å². The lowest BCUT2D eigenvalue weighted by atomic mass is 9.89. The van der Waals surface area contributed by atoms with Crippen molar-refractivity contribution in [3.8, 4) is 0 Å². The highest BCUT2D eigenvalue weighted by Gasteiger charge is 2.19. The molecule has 1 fully saturated rings. The van der Waals surface area contributed by atoms with E-state index in [0.717, 1.165) is 25.4 Å². The van der Waals surface area contributed by atoms with Gasteiger partial charge in [0, 0.05) is 5.38 Å². The molecule has 0 bridgehead atoms. The molecule has 1 N–H and O–H groups in total. The zero-order valence-corrected chi connectivity index (χ0v) is 8.45. The summed E-state index contributed by atoms with van der Waals surface area (Å²) in [6.45, 7) is 5.98. The van der Waals surface area contributed by atoms with E-state index in [1.54, 1.807) is 0 Å². The van der Waals surface area contributed by atoms with E-state index in [9.17, 15) is 0 Å². The Hall–Kier alpha value is 0.250. The fourth-order valence-electron chi connectivity index (χ4n) is 1.84. The summed E-state index contributed by atoms with van der Waals surface area (Å²) >= 11 is 6.08. The van der Waals surface area contributed by atoms with Gasteiger partial charge in [-0.2, -0.15) is 0 Å². The highest BCUT2D eigenvalue weighted by atomic mass is 35.5. The van der Waals surface area contributed by atoms with E-state index < -0.39 is 0 Å². The average molecular weight is 189 g/mol. The van der Waals surface area contributed by atoms with Crippen molar-refractivity contribution >= 4 is 11.6 Å². The summed E-state index contributed by atoms with van der Waals surface area (Å²) in [7, 11) is 0. The summed E-state index contributed by atoms with van der Waals surface area (Å²) in [5.74, 6) is 0.813. The summed E-state index contributed by atoms with van der Waals surface area (Å²) in [6.07, 6.45) is 6.06. The van der Waals surface area contributed by atoms with E-state index in [4.69, 9.17) is 11.6 Å². The third-order valence-corrected chi connectivity index (χ3v) is 2.90. The van der Waals surface area contributed by atoms with Gasteiger partial charge in [-0.05, 0) is 44.7 Å². The quantitative estimate of drug-likeness (QED) is 0.529. The molecule has 0 heterocycles. The predicted molar refractivity (Wildman–Crippen MR) is 54.4 cm³/mol. The normalized spacial score (nSPS) is 30.5. The molecule has 2 atom stereocenters. The van der Waals surface area contributed by atoms with E-state index in [2.05, 4.69) is 12.2 Å². The second-order valence-electron chi connectivity index (χ2n) is 3.69. The van der Waals surface area contributed by atoms with E-state index >= 15 is 0 Å². The zero-order valence-electron chi connectivity index (χ0n) is 7.69. The zero-order chi connectivity index (χ0) is 8.81. The Morgan fingerprint density at radius 2 is 2.25 bits per heavy atom. The van der Waals surface area contributed by atoms with Crippen molar-refractivity contribution < 1.29 is 0 Å². The van der Waals surface area contributed by atoms with Crippen molar-refractivity contribution in [1.29, 1.82) is 0 Å². The molecule has 12 heavy (non-hydrogen) atoms. The first kappa shape index (κ1) is 10.3. The monoisotopic (exact) mass is 188 g/mol. The van der Waals surface area contributed by atoms with Crippen molar-refractivity contribution in [2.45, 2.75) is 37.5 Å². The number of hydrogen-bond acceptors (Lipinski definition) is 1. The van der Waals surface area contributed by atoms with Crippen LogP contribution in [0.15, 0.2) is 0 Å². The summed E-state index contributed by atoms with van der Waals surface area (Å²) in [5.41, 5.74) is 0. The highest BCUT2D eigenvalue weighted by molar-refractivity contribution is 6.20. The number of rotatable bonds is 4. The molecule has 1 rings (SSSR count). The Balaban J connectivity index is 2.06. The largest absolute Gasteiger partial charge is 0.316 e. The van der Waals surface area contributed by atoms with Crippen molar-refractivity contribution in [2.24, 2.45) is 5.92 Å². The topological polar surface area (TPSA) is 12.0 Å². The highest BCUT2D eigenvalue weighted by Crippen LogP contribution is 2.27. The molecule has 0 aromatic carbocycles. The second kappa shape index (κ2) is 5.82. The molecule has 1 aliphatic carbocycles. The van der Waals surface area contributed by atoms with Gasteiger partial charge in [-0.25, -0.2) is 0 Å². The number of nitrogens with one attached hydrogen (secondary N) is 1. The van der Waals surface area contributed by atoms with Gasteiger partial charge in [0.05, 0.1) is 0 Å². The Bertz CT molecular complexity index is 116. The van der Waals surface area contributed by atoms with Crippen molar-refractivity contribution in [1.82, 2.24) is 5.32 Å². The van der Waals surface area contributed by atoms with Crippen molar-refractivity contribution in [3.63, 3.8) is 0 Å². The molecule has 2 heteroatoms. The van der Waals surface area contributed by atoms with Crippen LogP contribution in [0.2, 0.25) is 0 Å². The maximum absolute atomic E-state index is 6.08. The van der Waals surface area contributed by atoms with Crippen LogP contribution in [0.5, 0.6) is 0 Å². The van der Waals surface area contributed by atoms with Gasteiger partial charge in [0.25, 0.3) is 0 Å². The van der Waals surface area contributed by atoms with Gasteiger partial charge in [-0.3, -0.25) is 0 Å². The maximum atomic E-state index is 6.08. The van der Waals surface area contributed by atoms with Crippen LogP contribution in [-0.2, 0) is 0 Å². The summed E-state index contributed by atoms with van der Waals surface area (Å²) < 4.78 is 0. The molecule has 0 aromatic heterocycles. The molecule has 2 unspecified atom stereocenters. The van der Waals surface area contributed by atoms with Gasteiger partial charge in [-0.1, -0.05) is 13.3 Å². The Morgan fingerprint density at radius 3 is 2.92 bits per heavy atom. The first-order valence-electron chi connectivity index (χ1n) is 4.97. The van der Waals surface area contributed by atoms with E-state index in [1.165, 1.54) is 25.7 Å². The minimum Gasteiger partial charge on any atom is -0.316 e. The maximum Gasteiger partial charge on any atom is 0.0339 e. The molecular weight excluding hydrogens is 170 g/mol. The van der Waals surface area contributed by atoms with Crippen LogP contribution in [0.1, 0.15) is 32.1 Å². The van der Waals surface area contributed by atoms with E-state index in [1.807, 2.05) is 0 Å².